The van der Waals surface area contributed by atoms with Crippen molar-refractivity contribution in [2.45, 2.75) is 6.42 Å². The van der Waals surface area contributed by atoms with Crippen LogP contribution in [0.3, 0.4) is 0 Å². The van der Waals surface area contributed by atoms with Crippen molar-refractivity contribution in [1.29, 1.82) is 0 Å². The van der Waals surface area contributed by atoms with Crippen molar-refractivity contribution in [3.63, 3.8) is 0 Å². The van der Waals surface area contributed by atoms with E-state index in [0.29, 0.717) is 0 Å². The van der Waals surface area contributed by atoms with E-state index >= 15 is 0 Å². The van der Waals surface area contributed by atoms with E-state index in [-0.39, 0.29) is 25.0 Å². The predicted molar refractivity (Wildman–Crippen MR) is 53.2 cm³/mol. The summed E-state index contributed by atoms with van der Waals surface area (Å²) in [7, 11) is 0. The number of allylic oxidation sites excluding steroid dienone is 4. The Morgan fingerprint density at radius 3 is 2.77 bits per heavy atom. The van der Waals surface area contributed by atoms with Gasteiger partial charge in [-0.15, -0.1) is 0 Å². The molecule has 0 aromatic carbocycles. The molecule has 0 aromatic heterocycles. The van der Waals surface area contributed by atoms with Crippen molar-refractivity contribution in [2.24, 2.45) is 11.8 Å². The molecule has 2 atom stereocenters. The van der Waals surface area contributed by atoms with Gasteiger partial charge in [-0.25, -0.2) is 0 Å². The summed E-state index contributed by atoms with van der Waals surface area (Å²) in [6.07, 6.45) is 8.47. The van der Waals surface area contributed by atoms with Crippen LogP contribution in [-0.4, -0.2) is 23.4 Å². The van der Waals surface area contributed by atoms with Crippen molar-refractivity contribution < 1.29 is 10.2 Å². The Kier molecular flexibility index (Phi) is 3.93. The zero-order valence-corrected chi connectivity index (χ0v) is 7.69. The van der Waals surface area contributed by atoms with E-state index in [1.807, 2.05) is 18.2 Å². The Bertz CT molecular complexity index is 228. The van der Waals surface area contributed by atoms with Crippen LogP contribution in [0.1, 0.15) is 6.42 Å². The molecular weight excluding hydrogens is 164 g/mol. The third-order valence-corrected chi connectivity index (χ3v) is 2.49. The Morgan fingerprint density at radius 2 is 2.23 bits per heavy atom. The Hall–Kier alpha value is -0.860. The summed E-state index contributed by atoms with van der Waals surface area (Å²) in [5.74, 6) is 0.217. The quantitative estimate of drug-likeness (QED) is 0.686. The minimum Gasteiger partial charge on any atom is -0.396 e. The molecule has 0 saturated heterocycles. The molecule has 72 valence electrons. The molecule has 1 aliphatic carbocycles. The highest BCUT2D eigenvalue weighted by atomic mass is 16.3. The lowest BCUT2D eigenvalue weighted by Crippen LogP contribution is -2.25. The molecule has 0 heterocycles. The van der Waals surface area contributed by atoms with Gasteiger partial charge in [-0.1, -0.05) is 30.9 Å². The van der Waals surface area contributed by atoms with E-state index in [4.69, 9.17) is 10.2 Å². The van der Waals surface area contributed by atoms with Crippen molar-refractivity contribution in [1.82, 2.24) is 0 Å². The smallest absolute Gasteiger partial charge is 0.0503 e. The Morgan fingerprint density at radius 1 is 1.46 bits per heavy atom. The standard InChI is InChI=1S/C11H16O2/c1-2-4-9-5-3-6-10(7-12)11(9)8-13/h2-5,10-13H,1,6-8H2/b9-4-. The summed E-state index contributed by atoms with van der Waals surface area (Å²) < 4.78 is 0. The van der Waals surface area contributed by atoms with Crippen LogP contribution in [0.25, 0.3) is 0 Å². The van der Waals surface area contributed by atoms with E-state index in [0.717, 1.165) is 12.0 Å². The fourth-order valence-electron chi connectivity index (χ4n) is 1.71. The summed E-state index contributed by atoms with van der Waals surface area (Å²) in [6, 6.07) is 0. The van der Waals surface area contributed by atoms with Crippen molar-refractivity contribution >= 4 is 0 Å². The summed E-state index contributed by atoms with van der Waals surface area (Å²) in [5, 5.41) is 18.2. The number of hydrogen-bond acceptors (Lipinski definition) is 2. The topological polar surface area (TPSA) is 40.5 Å². The molecule has 0 aromatic rings. The Labute approximate surface area is 78.9 Å². The van der Waals surface area contributed by atoms with Crippen molar-refractivity contribution in [2.75, 3.05) is 13.2 Å². The van der Waals surface area contributed by atoms with Crippen LogP contribution in [-0.2, 0) is 0 Å². The first-order valence-electron chi connectivity index (χ1n) is 4.54. The van der Waals surface area contributed by atoms with E-state index in [1.54, 1.807) is 6.08 Å². The molecule has 0 radical (unpaired) electrons. The zero-order chi connectivity index (χ0) is 9.68. The van der Waals surface area contributed by atoms with Crippen LogP contribution in [0.5, 0.6) is 0 Å². The number of aliphatic hydroxyl groups is 2. The third-order valence-electron chi connectivity index (χ3n) is 2.49. The molecule has 2 heteroatoms. The molecular formula is C11H16O2. The van der Waals surface area contributed by atoms with Gasteiger partial charge in [-0.2, -0.15) is 0 Å². The maximum Gasteiger partial charge on any atom is 0.0503 e. The van der Waals surface area contributed by atoms with E-state index in [1.165, 1.54) is 0 Å². The summed E-state index contributed by atoms with van der Waals surface area (Å²) in [5.41, 5.74) is 1.06. The zero-order valence-electron chi connectivity index (χ0n) is 7.69. The first-order chi connectivity index (χ1) is 6.33. The molecule has 2 unspecified atom stereocenters. The molecule has 0 amide bonds. The lowest BCUT2D eigenvalue weighted by Gasteiger charge is -2.27. The minimum absolute atomic E-state index is 0.0630. The molecule has 0 saturated carbocycles. The van der Waals surface area contributed by atoms with Gasteiger partial charge >= 0.3 is 0 Å². The molecule has 2 nitrogen and oxygen atoms in total. The second-order valence-corrected chi connectivity index (χ2v) is 3.27. The Balaban J connectivity index is 2.83. The van der Waals surface area contributed by atoms with Gasteiger partial charge in [0.1, 0.15) is 0 Å². The van der Waals surface area contributed by atoms with Crippen LogP contribution in [0, 0.1) is 11.8 Å². The maximum absolute atomic E-state index is 9.17. The van der Waals surface area contributed by atoms with Gasteiger partial charge in [0.2, 0.25) is 0 Å². The van der Waals surface area contributed by atoms with Gasteiger partial charge in [0.25, 0.3) is 0 Å². The monoisotopic (exact) mass is 180 g/mol. The van der Waals surface area contributed by atoms with Gasteiger partial charge < -0.3 is 10.2 Å². The second kappa shape index (κ2) is 5.00. The van der Waals surface area contributed by atoms with Crippen molar-refractivity contribution in [3.8, 4) is 0 Å². The first kappa shape index (κ1) is 10.2. The average Bonchev–Trinajstić information content (AvgIpc) is 2.18. The third kappa shape index (κ3) is 2.29. The molecule has 0 fully saturated rings. The highest BCUT2D eigenvalue weighted by Crippen LogP contribution is 2.29. The maximum atomic E-state index is 9.17. The largest absolute Gasteiger partial charge is 0.396 e. The van der Waals surface area contributed by atoms with Crippen LogP contribution in [0.15, 0.2) is 36.5 Å². The van der Waals surface area contributed by atoms with E-state index in [9.17, 15) is 0 Å². The van der Waals surface area contributed by atoms with Gasteiger partial charge in [-0.3, -0.25) is 0 Å². The fraction of sp³-hybridized carbons (Fsp3) is 0.455. The normalized spacial score (nSPS) is 30.8. The average molecular weight is 180 g/mol. The van der Waals surface area contributed by atoms with Crippen LogP contribution in [0.2, 0.25) is 0 Å². The first-order valence-corrected chi connectivity index (χ1v) is 4.54. The lowest BCUT2D eigenvalue weighted by atomic mass is 9.80. The van der Waals surface area contributed by atoms with E-state index < -0.39 is 0 Å². The van der Waals surface area contributed by atoms with Crippen molar-refractivity contribution in [3.05, 3.63) is 36.5 Å². The molecule has 0 aliphatic heterocycles. The summed E-state index contributed by atoms with van der Waals surface area (Å²) >= 11 is 0. The summed E-state index contributed by atoms with van der Waals surface area (Å²) in [6.45, 7) is 3.84. The highest BCUT2D eigenvalue weighted by Gasteiger charge is 2.24. The minimum atomic E-state index is 0.0630. The molecule has 0 spiro atoms. The fourth-order valence-corrected chi connectivity index (χ4v) is 1.71. The van der Waals surface area contributed by atoms with Gasteiger partial charge in [0.15, 0.2) is 0 Å². The molecule has 0 bridgehead atoms. The number of aliphatic hydroxyl groups excluding tert-OH is 2. The highest BCUT2D eigenvalue weighted by molar-refractivity contribution is 5.29. The van der Waals surface area contributed by atoms with Gasteiger partial charge in [0, 0.05) is 12.5 Å². The van der Waals surface area contributed by atoms with Gasteiger partial charge in [-0.05, 0) is 17.9 Å². The molecule has 2 N–H and O–H groups in total. The van der Waals surface area contributed by atoms with Crippen LogP contribution >= 0.6 is 0 Å². The number of hydrogen-bond donors (Lipinski definition) is 2. The molecule has 1 rings (SSSR count). The van der Waals surface area contributed by atoms with Gasteiger partial charge in [0.05, 0.1) is 6.61 Å². The predicted octanol–water partition coefficient (Wildman–Crippen LogP) is 1.28. The van der Waals surface area contributed by atoms with Crippen LogP contribution < -0.4 is 0 Å². The SMILES string of the molecule is C=C/C=C1/C=CCC(CO)C1CO. The number of rotatable bonds is 3. The lowest BCUT2D eigenvalue weighted by molar-refractivity contribution is 0.139. The summed E-state index contributed by atoms with van der Waals surface area (Å²) in [4.78, 5) is 0. The van der Waals surface area contributed by atoms with E-state index in [2.05, 4.69) is 6.58 Å². The molecule has 1 aliphatic rings. The second-order valence-electron chi connectivity index (χ2n) is 3.27. The van der Waals surface area contributed by atoms with Crippen LogP contribution in [0.4, 0.5) is 0 Å². The molecule has 13 heavy (non-hydrogen) atoms.